The maximum Gasteiger partial charge on any atom is 0.248 e. The predicted molar refractivity (Wildman–Crippen MR) is 59.0 cm³/mol. The SMILES string of the molecule is CON=Cc1cc(C(N)=O)cc(Cl)c1N. The lowest BCUT2D eigenvalue weighted by Crippen LogP contribution is -2.12. The van der Waals surface area contributed by atoms with Crippen LogP contribution in [0.1, 0.15) is 15.9 Å². The summed E-state index contributed by atoms with van der Waals surface area (Å²) < 4.78 is 0. The van der Waals surface area contributed by atoms with Gasteiger partial charge in [0.15, 0.2) is 0 Å². The van der Waals surface area contributed by atoms with Gasteiger partial charge in [0.1, 0.15) is 7.11 Å². The zero-order valence-corrected chi connectivity index (χ0v) is 8.78. The second kappa shape index (κ2) is 4.65. The number of primary amides is 1. The molecule has 6 heteroatoms. The number of hydrogen-bond donors (Lipinski definition) is 2. The monoisotopic (exact) mass is 227 g/mol. The second-order valence-corrected chi connectivity index (χ2v) is 3.15. The van der Waals surface area contributed by atoms with Crippen LogP contribution in [0.2, 0.25) is 5.02 Å². The second-order valence-electron chi connectivity index (χ2n) is 2.74. The number of carbonyl (C=O) groups excluding carboxylic acids is 1. The van der Waals surface area contributed by atoms with Crippen molar-refractivity contribution in [2.45, 2.75) is 0 Å². The van der Waals surface area contributed by atoms with Crippen LogP contribution in [-0.4, -0.2) is 19.2 Å². The topological polar surface area (TPSA) is 90.7 Å². The summed E-state index contributed by atoms with van der Waals surface area (Å²) in [6, 6.07) is 2.90. The molecule has 1 aromatic carbocycles. The fourth-order valence-corrected chi connectivity index (χ4v) is 1.22. The number of nitrogens with two attached hydrogens (primary N) is 2. The van der Waals surface area contributed by atoms with Crippen LogP contribution >= 0.6 is 11.6 Å². The molecular formula is C9H10ClN3O2. The van der Waals surface area contributed by atoms with E-state index in [1.54, 1.807) is 0 Å². The summed E-state index contributed by atoms with van der Waals surface area (Å²) in [7, 11) is 1.40. The van der Waals surface area contributed by atoms with Crippen molar-refractivity contribution in [3.63, 3.8) is 0 Å². The largest absolute Gasteiger partial charge is 0.399 e. The molecule has 0 unspecified atom stereocenters. The highest BCUT2D eigenvalue weighted by atomic mass is 35.5. The van der Waals surface area contributed by atoms with Crippen molar-refractivity contribution >= 4 is 29.4 Å². The zero-order valence-electron chi connectivity index (χ0n) is 8.03. The molecule has 0 aliphatic rings. The summed E-state index contributed by atoms with van der Waals surface area (Å²) in [5.74, 6) is -0.580. The number of anilines is 1. The third-order valence-corrected chi connectivity index (χ3v) is 2.06. The van der Waals surface area contributed by atoms with Crippen LogP contribution in [0.15, 0.2) is 17.3 Å². The molecule has 0 aliphatic heterocycles. The van der Waals surface area contributed by atoms with Gasteiger partial charge in [-0.2, -0.15) is 0 Å². The van der Waals surface area contributed by atoms with Gasteiger partial charge < -0.3 is 16.3 Å². The Kier molecular flexibility index (Phi) is 3.51. The Morgan fingerprint density at radius 2 is 2.27 bits per heavy atom. The van der Waals surface area contributed by atoms with Gasteiger partial charge in [0.25, 0.3) is 0 Å². The van der Waals surface area contributed by atoms with Crippen molar-refractivity contribution in [3.8, 4) is 0 Å². The molecule has 0 saturated heterocycles. The summed E-state index contributed by atoms with van der Waals surface area (Å²) in [4.78, 5) is 15.4. The summed E-state index contributed by atoms with van der Waals surface area (Å²) >= 11 is 5.81. The van der Waals surface area contributed by atoms with Crippen LogP contribution in [0, 0.1) is 0 Å². The number of benzene rings is 1. The fraction of sp³-hybridized carbons (Fsp3) is 0.111. The predicted octanol–water partition coefficient (Wildman–Crippen LogP) is 1.00. The van der Waals surface area contributed by atoms with E-state index >= 15 is 0 Å². The van der Waals surface area contributed by atoms with E-state index in [2.05, 4.69) is 9.99 Å². The highest BCUT2D eigenvalue weighted by Crippen LogP contribution is 2.23. The van der Waals surface area contributed by atoms with Gasteiger partial charge in [-0.05, 0) is 12.1 Å². The smallest absolute Gasteiger partial charge is 0.248 e. The maximum absolute atomic E-state index is 10.9. The Labute approximate surface area is 91.6 Å². The fourth-order valence-electron chi connectivity index (χ4n) is 0.998. The molecule has 0 fully saturated rings. The summed E-state index contributed by atoms with van der Waals surface area (Å²) in [6.07, 6.45) is 1.35. The number of hydrogen-bond acceptors (Lipinski definition) is 4. The molecule has 0 saturated carbocycles. The van der Waals surface area contributed by atoms with E-state index in [1.165, 1.54) is 25.5 Å². The van der Waals surface area contributed by atoms with Gasteiger partial charge in [-0.3, -0.25) is 4.79 Å². The van der Waals surface area contributed by atoms with Crippen molar-refractivity contribution in [3.05, 3.63) is 28.3 Å². The minimum Gasteiger partial charge on any atom is -0.399 e. The standard InChI is InChI=1S/C9H10ClN3O2/c1-15-13-4-6-2-5(9(12)14)3-7(10)8(6)11/h2-4H,11H2,1H3,(H2,12,14). The Morgan fingerprint density at radius 3 is 2.80 bits per heavy atom. The van der Waals surface area contributed by atoms with E-state index < -0.39 is 5.91 Å². The molecule has 1 aromatic rings. The van der Waals surface area contributed by atoms with Crippen LogP contribution in [0.4, 0.5) is 5.69 Å². The van der Waals surface area contributed by atoms with Crippen molar-refractivity contribution in [1.82, 2.24) is 0 Å². The van der Waals surface area contributed by atoms with E-state index in [0.29, 0.717) is 11.3 Å². The Bertz CT molecular complexity index is 418. The lowest BCUT2D eigenvalue weighted by atomic mass is 10.1. The lowest BCUT2D eigenvalue weighted by molar-refractivity contribution is 0.100. The average Bonchev–Trinajstić information content (AvgIpc) is 2.19. The van der Waals surface area contributed by atoms with Crippen molar-refractivity contribution < 1.29 is 9.63 Å². The third-order valence-electron chi connectivity index (χ3n) is 1.74. The summed E-state index contributed by atoms with van der Waals surface area (Å²) in [5.41, 5.74) is 11.9. The normalized spacial score (nSPS) is 10.5. The van der Waals surface area contributed by atoms with Crippen molar-refractivity contribution in [2.24, 2.45) is 10.9 Å². The van der Waals surface area contributed by atoms with Gasteiger partial charge in [0.2, 0.25) is 5.91 Å². The molecular weight excluding hydrogens is 218 g/mol. The van der Waals surface area contributed by atoms with E-state index in [4.69, 9.17) is 23.1 Å². The first-order valence-corrected chi connectivity index (χ1v) is 4.39. The highest BCUT2D eigenvalue weighted by Gasteiger charge is 2.08. The summed E-state index contributed by atoms with van der Waals surface area (Å²) in [5, 5.41) is 3.78. The molecule has 80 valence electrons. The van der Waals surface area contributed by atoms with E-state index in [-0.39, 0.29) is 10.6 Å². The number of carbonyl (C=O) groups is 1. The van der Waals surface area contributed by atoms with Gasteiger partial charge in [-0.1, -0.05) is 16.8 Å². The first-order valence-electron chi connectivity index (χ1n) is 4.01. The van der Waals surface area contributed by atoms with Crippen LogP contribution < -0.4 is 11.5 Å². The van der Waals surface area contributed by atoms with Gasteiger partial charge in [0.05, 0.1) is 16.9 Å². The Balaban J connectivity index is 3.24. The van der Waals surface area contributed by atoms with Crippen LogP contribution in [0.25, 0.3) is 0 Å². The van der Waals surface area contributed by atoms with Crippen molar-refractivity contribution in [2.75, 3.05) is 12.8 Å². The molecule has 0 aromatic heterocycles. The Morgan fingerprint density at radius 1 is 1.60 bits per heavy atom. The molecule has 4 N–H and O–H groups in total. The van der Waals surface area contributed by atoms with E-state index in [0.717, 1.165) is 0 Å². The highest BCUT2D eigenvalue weighted by molar-refractivity contribution is 6.34. The average molecular weight is 228 g/mol. The first-order chi connectivity index (χ1) is 7.06. The molecule has 0 spiro atoms. The van der Waals surface area contributed by atoms with Gasteiger partial charge in [-0.15, -0.1) is 0 Å². The number of halogens is 1. The van der Waals surface area contributed by atoms with E-state index in [9.17, 15) is 4.79 Å². The number of amides is 1. The number of nitrogens with zero attached hydrogens (tertiary/aromatic N) is 1. The van der Waals surface area contributed by atoms with Gasteiger partial charge >= 0.3 is 0 Å². The molecule has 0 atom stereocenters. The molecule has 1 amide bonds. The maximum atomic E-state index is 10.9. The number of rotatable bonds is 3. The molecule has 15 heavy (non-hydrogen) atoms. The quantitative estimate of drug-likeness (QED) is 0.459. The molecule has 0 bridgehead atoms. The Hall–Kier alpha value is -1.75. The summed E-state index contributed by atoms with van der Waals surface area (Å²) in [6.45, 7) is 0. The molecule has 0 heterocycles. The minimum atomic E-state index is -0.580. The van der Waals surface area contributed by atoms with Gasteiger partial charge in [0, 0.05) is 11.1 Å². The van der Waals surface area contributed by atoms with Gasteiger partial charge in [-0.25, -0.2) is 0 Å². The number of oxime groups is 1. The van der Waals surface area contributed by atoms with Crippen molar-refractivity contribution in [1.29, 1.82) is 0 Å². The minimum absolute atomic E-state index is 0.254. The van der Waals surface area contributed by atoms with E-state index in [1.807, 2.05) is 0 Å². The first kappa shape index (κ1) is 11.3. The number of nitrogen functional groups attached to an aromatic ring is 1. The molecule has 0 radical (unpaired) electrons. The van der Waals surface area contributed by atoms with Crippen LogP contribution in [0.3, 0.4) is 0 Å². The molecule has 5 nitrogen and oxygen atoms in total. The molecule has 0 aliphatic carbocycles. The van der Waals surface area contributed by atoms with Crippen LogP contribution in [0.5, 0.6) is 0 Å². The molecule has 1 rings (SSSR count). The zero-order chi connectivity index (χ0) is 11.4. The lowest BCUT2D eigenvalue weighted by Gasteiger charge is -2.04. The third kappa shape index (κ3) is 2.60. The van der Waals surface area contributed by atoms with Crippen LogP contribution in [-0.2, 0) is 4.84 Å².